The van der Waals surface area contributed by atoms with Gasteiger partial charge in [0, 0.05) is 24.2 Å². The second-order valence-electron chi connectivity index (χ2n) is 7.09. The first-order valence-corrected chi connectivity index (χ1v) is 9.39. The summed E-state index contributed by atoms with van der Waals surface area (Å²) in [5.74, 6) is 1.32. The Morgan fingerprint density at radius 2 is 1.89 bits per heavy atom. The van der Waals surface area contributed by atoms with Gasteiger partial charge in [-0.3, -0.25) is 4.79 Å². The molecule has 1 atom stereocenters. The van der Waals surface area contributed by atoms with Gasteiger partial charge >= 0.3 is 0 Å². The molecule has 1 saturated heterocycles. The van der Waals surface area contributed by atoms with Crippen molar-refractivity contribution in [2.75, 3.05) is 11.4 Å². The molecule has 2 heterocycles. The van der Waals surface area contributed by atoms with E-state index < -0.39 is 0 Å². The number of nitrogens with zero attached hydrogens (tertiary/aromatic N) is 3. The van der Waals surface area contributed by atoms with E-state index in [4.69, 9.17) is 16.1 Å². The molecule has 2 aromatic carbocycles. The van der Waals surface area contributed by atoms with Crippen LogP contribution >= 0.6 is 11.6 Å². The number of hydrogen-bond acceptors (Lipinski definition) is 4. The molecule has 5 nitrogen and oxygen atoms in total. The van der Waals surface area contributed by atoms with E-state index in [1.165, 1.54) is 5.56 Å². The molecule has 27 heavy (non-hydrogen) atoms. The molecule has 0 unspecified atom stereocenters. The highest BCUT2D eigenvalue weighted by atomic mass is 35.5. The van der Waals surface area contributed by atoms with Gasteiger partial charge in [-0.1, -0.05) is 54.9 Å². The Balaban J connectivity index is 1.53. The maximum Gasteiger partial charge on any atom is 0.232 e. The molecule has 138 valence electrons. The first kappa shape index (κ1) is 17.7. The zero-order chi connectivity index (χ0) is 19.0. The fraction of sp³-hybridized carbons (Fsp3) is 0.286. The van der Waals surface area contributed by atoms with Crippen LogP contribution in [-0.4, -0.2) is 22.6 Å². The molecule has 4 rings (SSSR count). The second-order valence-corrected chi connectivity index (χ2v) is 7.49. The molecule has 1 aromatic heterocycles. The molecule has 0 bridgehead atoms. The lowest BCUT2D eigenvalue weighted by molar-refractivity contribution is -0.117. The molecule has 1 amide bonds. The van der Waals surface area contributed by atoms with Crippen molar-refractivity contribution >= 4 is 23.2 Å². The van der Waals surface area contributed by atoms with Crippen LogP contribution in [0.15, 0.2) is 53.1 Å². The number of carbonyl (C=O) groups is 1. The van der Waals surface area contributed by atoms with Crippen LogP contribution in [0.3, 0.4) is 0 Å². The maximum absolute atomic E-state index is 12.5. The Morgan fingerprint density at radius 1 is 1.15 bits per heavy atom. The monoisotopic (exact) mass is 381 g/mol. The van der Waals surface area contributed by atoms with E-state index in [1.807, 2.05) is 30.3 Å². The molecular weight excluding hydrogens is 362 g/mol. The number of anilines is 1. The Bertz CT molecular complexity index is 966. The maximum atomic E-state index is 12.5. The van der Waals surface area contributed by atoms with Gasteiger partial charge in [-0.05, 0) is 35.7 Å². The molecule has 1 fully saturated rings. The minimum Gasteiger partial charge on any atom is -0.339 e. The van der Waals surface area contributed by atoms with Gasteiger partial charge in [0.05, 0.1) is 10.9 Å². The second kappa shape index (κ2) is 7.16. The molecule has 3 aromatic rings. The topological polar surface area (TPSA) is 59.2 Å². The molecule has 6 heteroatoms. The summed E-state index contributed by atoms with van der Waals surface area (Å²) in [5, 5.41) is 4.61. The number of amides is 1. The highest BCUT2D eigenvalue weighted by Gasteiger charge is 2.35. The van der Waals surface area contributed by atoms with Crippen molar-refractivity contribution in [2.45, 2.75) is 32.1 Å². The number of hydrogen-bond donors (Lipinski definition) is 0. The summed E-state index contributed by atoms with van der Waals surface area (Å²) in [5.41, 5.74) is 2.88. The van der Waals surface area contributed by atoms with E-state index >= 15 is 0 Å². The van der Waals surface area contributed by atoms with Crippen LogP contribution in [-0.2, 0) is 4.79 Å². The Hall–Kier alpha value is -2.66. The Labute approximate surface area is 163 Å². The predicted octanol–water partition coefficient (Wildman–Crippen LogP) is 5.03. The highest BCUT2D eigenvalue weighted by molar-refractivity contribution is 6.33. The van der Waals surface area contributed by atoms with Crippen molar-refractivity contribution in [2.24, 2.45) is 0 Å². The lowest BCUT2D eigenvalue weighted by Gasteiger charge is -2.17. The van der Waals surface area contributed by atoms with E-state index in [2.05, 4.69) is 36.1 Å². The lowest BCUT2D eigenvalue weighted by atomic mass is 10.0. The van der Waals surface area contributed by atoms with Crippen molar-refractivity contribution in [3.63, 3.8) is 0 Å². The highest BCUT2D eigenvalue weighted by Crippen LogP contribution is 2.33. The zero-order valence-electron chi connectivity index (χ0n) is 15.2. The first-order chi connectivity index (χ1) is 13.0. The number of halogens is 1. The third-order valence-electron chi connectivity index (χ3n) is 4.90. The fourth-order valence-electron chi connectivity index (χ4n) is 3.31. The number of rotatable bonds is 4. The summed E-state index contributed by atoms with van der Waals surface area (Å²) in [6, 6.07) is 15.5. The molecular formula is C21H20ClN3O2. The van der Waals surface area contributed by atoms with Crippen LogP contribution in [0.25, 0.3) is 11.4 Å². The fourth-order valence-corrected chi connectivity index (χ4v) is 3.53. The van der Waals surface area contributed by atoms with Crippen molar-refractivity contribution in [1.82, 2.24) is 10.1 Å². The van der Waals surface area contributed by atoms with Crippen LogP contribution in [0.1, 0.15) is 43.6 Å². The summed E-state index contributed by atoms with van der Waals surface area (Å²) in [4.78, 5) is 18.8. The summed E-state index contributed by atoms with van der Waals surface area (Å²) >= 11 is 6.20. The zero-order valence-corrected chi connectivity index (χ0v) is 16.0. The van der Waals surface area contributed by atoms with Crippen LogP contribution in [0.2, 0.25) is 5.02 Å². The van der Waals surface area contributed by atoms with Crippen molar-refractivity contribution in [3.8, 4) is 11.4 Å². The van der Waals surface area contributed by atoms with Gasteiger partial charge in [0.25, 0.3) is 0 Å². The first-order valence-electron chi connectivity index (χ1n) is 9.01. The summed E-state index contributed by atoms with van der Waals surface area (Å²) in [6.07, 6.45) is 0.357. The summed E-state index contributed by atoms with van der Waals surface area (Å²) in [7, 11) is 0. The van der Waals surface area contributed by atoms with Crippen molar-refractivity contribution in [3.05, 3.63) is 65.0 Å². The van der Waals surface area contributed by atoms with Crippen LogP contribution in [0.5, 0.6) is 0 Å². The van der Waals surface area contributed by atoms with Gasteiger partial charge in [-0.15, -0.1) is 0 Å². The average molecular weight is 382 g/mol. The van der Waals surface area contributed by atoms with Gasteiger partial charge in [-0.2, -0.15) is 4.98 Å². The van der Waals surface area contributed by atoms with E-state index in [0.717, 1.165) is 11.3 Å². The standard InChI is InChI=1S/C21H20ClN3O2/c1-13(2)14-7-9-16(10-8-14)25-12-15(11-19(25)26)21-23-20(24-27-21)17-5-3-4-6-18(17)22/h3-10,13,15H,11-12H2,1-2H3/t15-/m0/s1. The van der Waals surface area contributed by atoms with Crippen molar-refractivity contribution < 1.29 is 9.32 Å². The van der Waals surface area contributed by atoms with Gasteiger partial charge < -0.3 is 9.42 Å². The normalized spacial score (nSPS) is 17.1. The van der Waals surface area contributed by atoms with Gasteiger partial charge in [0.1, 0.15) is 0 Å². The molecule has 1 aliphatic rings. The van der Waals surface area contributed by atoms with E-state index in [1.54, 1.807) is 11.0 Å². The molecule has 0 N–H and O–H groups in total. The van der Waals surface area contributed by atoms with Crippen LogP contribution < -0.4 is 4.90 Å². The largest absolute Gasteiger partial charge is 0.339 e. The van der Waals surface area contributed by atoms with E-state index in [9.17, 15) is 4.79 Å². The Kier molecular flexibility index (Phi) is 4.70. The minimum absolute atomic E-state index is 0.0646. The van der Waals surface area contributed by atoms with Crippen LogP contribution in [0.4, 0.5) is 5.69 Å². The average Bonchev–Trinajstić information content (AvgIpc) is 3.29. The number of aromatic nitrogens is 2. The lowest BCUT2D eigenvalue weighted by Crippen LogP contribution is -2.24. The molecule has 0 aliphatic carbocycles. The van der Waals surface area contributed by atoms with Crippen molar-refractivity contribution in [1.29, 1.82) is 0 Å². The quantitative estimate of drug-likeness (QED) is 0.635. The molecule has 0 radical (unpaired) electrons. The third kappa shape index (κ3) is 3.47. The molecule has 0 saturated carbocycles. The van der Waals surface area contributed by atoms with E-state index in [0.29, 0.717) is 35.6 Å². The Morgan fingerprint density at radius 3 is 2.59 bits per heavy atom. The summed E-state index contributed by atoms with van der Waals surface area (Å²) in [6.45, 7) is 4.83. The SMILES string of the molecule is CC(C)c1ccc(N2C[C@@H](c3nc(-c4ccccc4Cl)no3)CC2=O)cc1. The summed E-state index contributed by atoms with van der Waals surface area (Å²) < 4.78 is 5.44. The third-order valence-corrected chi connectivity index (χ3v) is 5.23. The minimum atomic E-state index is -0.119. The van der Waals surface area contributed by atoms with E-state index in [-0.39, 0.29) is 11.8 Å². The van der Waals surface area contributed by atoms with Gasteiger partial charge in [-0.25, -0.2) is 0 Å². The van der Waals surface area contributed by atoms with Gasteiger partial charge in [0.15, 0.2) is 0 Å². The smallest absolute Gasteiger partial charge is 0.232 e. The molecule has 1 aliphatic heterocycles. The predicted molar refractivity (Wildman–Crippen MR) is 105 cm³/mol. The molecule has 0 spiro atoms. The number of carbonyl (C=O) groups excluding carboxylic acids is 1. The number of benzene rings is 2. The van der Waals surface area contributed by atoms with Crippen LogP contribution in [0, 0.1) is 0 Å². The van der Waals surface area contributed by atoms with Gasteiger partial charge in [0.2, 0.25) is 17.6 Å².